The van der Waals surface area contributed by atoms with Crippen LogP contribution in [0, 0.1) is 0 Å². The largest absolute Gasteiger partial charge is 0.494 e. The standard InChI is InChI=1S/C33H43F3O5/c1-2-3-4-5-6-7-8-9-12-26-40-31(37)23-16-27-14-19-30(20-15-27)41-32(38)28-17-21-29(22-18-28)39-25-13-10-11-24-33(34,35)36/h14-23H,2-13,24-26H2,1H3. The quantitative estimate of drug-likeness (QED) is 0.0680. The minimum Gasteiger partial charge on any atom is -0.494 e. The summed E-state index contributed by atoms with van der Waals surface area (Å²) in [5, 5.41) is 0. The number of alkyl halides is 3. The number of hydrogen-bond acceptors (Lipinski definition) is 5. The molecule has 0 saturated heterocycles. The lowest BCUT2D eigenvalue weighted by molar-refractivity contribution is -0.138. The van der Waals surface area contributed by atoms with Crippen molar-refractivity contribution in [1.29, 1.82) is 0 Å². The van der Waals surface area contributed by atoms with Crippen molar-refractivity contribution in [3.05, 3.63) is 65.7 Å². The maximum absolute atomic E-state index is 12.4. The van der Waals surface area contributed by atoms with Crippen molar-refractivity contribution in [3.8, 4) is 11.5 Å². The molecule has 0 unspecified atom stereocenters. The van der Waals surface area contributed by atoms with Crippen molar-refractivity contribution in [1.82, 2.24) is 0 Å². The van der Waals surface area contributed by atoms with Crippen LogP contribution in [0.1, 0.15) is 106 Å². The van der Waals surface area contributed by atoms with Gasteiger partial charge in [-0.3, -0.25) is 0 Å². The van der Waals surface area contributed by atoms with Gasteiger partial charge in [0.05, 0.1) is 18.8 Å². The normalized spacial score (nSPS) is 11.5. The van der Waals surface area contributed by atoms with Crippen LogP contribution in [0.2, 0.25) is 0 Å². The average Bonchev–Trinajstić information content (AvgIpc) is 2.95. The molecular formula is C33H43F3O5. The minimum atomic E-state index is -4.12. The molecule has 0 spiro atoms. The molecule has 0 amide bonds. The molecule has 41 heavy (non-hydrogen) atoms. The third kappa shape index (κ3) is 16.5. The van der Waals surface area contributed by atoms with Gasteiger partial charge in [-0.05, 0) is 73.7 Å². The summed E-state index contributed by atoms with van der Waals surface area (Å²) in [6.45, 7) is 2.95. The number of carbonyl (C=O) groups is 2. The van der Waals surface area contributed by atoms with E-state index in [0.29, 0.717) is 43.1 Å². The summed E-state index contributed by atoms with van der Waals surface area (Å²) >= 11 is 0. The number of benzene rings is 2. The first-order chi connectivity index (χ1) is 19.8. The van der Waals surface area contributed by atoms with Gasteiger partial charge in [0, 0.05) is 12.5 Å². The van der Waals surface area contributed by atoms with Gasteiger partial charge in [0.2, 0.25) is 0 Å². The fourth-order valence-electron chi connectivity index (χ4n) is 4.09. The van der Waals surface area contributed by atoms with Gasteiger partial charge in [-0.1, -0.05) is 70.4 Å². The van der Waals surface area contributed by atoms with E-state index in [9.17, 15) is 22.8 Å². The van der Waals surface area contributed by atoms with E-state index in [-0.39, 0.29) is 12.4 Å². The van der Waals surface area contributed by atoms with Crippen LogP contribution in [-0.2, 0) is 9.53 Å². The van der Waals surface area contributed by atoms with E-state index in [1.807, 2.05) is 0 Å². The van der Waals surface area contributed by atoms with Gasteiger partial charge < -0.3 is 14.2 Å². The molecule has 0 fully saturated rings. The van der Waals surface area contributed by atoms with Crippen LogP contribution in [0.3, 0.4) is 0 Å². The van der Waals surface area contributed by atoms with Crippen LogP contribution in [0.4, 0.5) is 13.2 Å². The Balaban J connectivity index is 1.62. The summed E-state index contributed by atoms with van der Waals surface area (Å²) in [7, 11) is 0. The molecule has 5 nitrogen and oxygen atoms in total. The maximum atomic E-state index is 12.4. The van der Waals surface area contributed by atoms with Gasteiger partial charge in [0.15, 0.2) is 0 Å². The van der Waals surface area contributed by atoms with Gasteiger partial charge in [0.1, 0.15) is 11.5 Å². The molecule has 2 aromatic carbocycles. The number of hydrogen-bond donors (Lipinski definition) is 0. The Labute approximate surface area is 242 Å². The third-order valence-electron chi connectivity index (χ3n) is 6.46. The molecule has 0 atom stereocenters. The van der Waals surface area contributed by atoms with Crippen LogP contribution in [0.25, 0.3) is 6.08 Å². The van der Waals surface area contributed by atoms with Crippen LogP contribution < -0.4 is 9.47 Å². The maximum Gasteiger partial charge on any atom is 0.389 e. The fourth-order valence-corrected chi connectivity index (χ4v) is 4.09. The number of unbranched alkanes of at least 4 members (excludes halogenated alkanes) is 10. The molecule has 0 saturated carbocycles. The minimum absolute atomic E-state index is 0.0842. The van der Waals surface area contributed by atoms with E-state index in [4.69, 9.17) is 14.2 Å². The second-order valence-electron chi connectivity index (χ2n) is 10.1. The summed E-state index contributed by atoms with van der Waals surface area (Å²) in [4.78, 5) is 24.4. The Morgan fingerprint density at radius 1 is 0.707 bits per heavy atom. The lowest BCUT2D eigenvalue weighted by Gasteiger charge is -2.08. The zero-order valence-corrected chi connectivity index (χ0v) is 24.1. The first-order valence-electron chi connectivity index (χ1n) is 14.7. The van der Waals surface area contributed by atoms with Crippen LogP contribution >= 0.6 is 0 Å². The molecule has 0 bridgehead atoms. The molecule has 0 N–H and O–H groups in total. The highest BCUT2D eigenvalue weighted by Gasteiger charge is 2.25. The number of ether oxygens (including phenoxy) is 3. The highest BCUT2D eigenvalue weighted by Crippen LogP contribution is 2.23. The van der Waals surface area contributed by atoms with E-state index >= 15 is 0 Å². The average molecular weight is 577 g/mol. The van der Waals surface area contributed by atoms with E-state index < -0.39 is 18.6 Å². The number of carbonyl (C=O) groups excluding carboxylic acids is 2. The van der Waals surface area contributed by atoms with Gasteiger partial charge >= 0.3 is 18.1 Å². The molecule has 0 aromatic heterocycles. The van der Waals surface area contributed by atoms with Crippen molar-refractivity contribution < 1.29 is 37.0 Å². The van der Waals surface area contributed by atoms with Gasteiger partial charge in [-0.2, -0.15) is 13.2 Å². The molecule has 0 aliphatic heterocycles. The van der Waals surface area contributed by atoms with E-state index in [1.54, 1.807) is 54.6 Å². The van der Waals surface area contributed by atoms with Crippen molar-refractivity contribution in [2.75, 3.05) is 13.2 Å². The number of esters is 2. The van der Waals surface area contributed by atoms with E-state index in [0.717, 1.165) is 18.4 Å². The zero-order chi connectivity index (χ0) is 29.8. The summed E-state index contributed by atoms with van der Waals surface area (Å²) in [6, 6.07) is 13.1. The van der Waals surface area contributed by atoms with Gasteiger partial charge in [0.25, 0.3) is 0 Å². The topological polar surface area (TPSA) is 61.8 Å². The second kappa shape index (κ2) is 19.7. The summed E-state index contributed by atoms with van der Waals surface area (Å²) in [5.41, 5.74) is 1.10. The van der Waals surface area contributed by atoms with Crippen LogP contribution in [-0.4, -0.2) is 31.3 Å². The summed E-state index contributed by atoms with van der Waals surface area (Å²) < 4.78 is 52.7. The molecule has 2 aromatic rings. The smallest absolute Gasteiger partial charge is 0.389 e. The lowest BCUT2D eigenvalue weighted by atomic mass is 10.1. The molecule has 0 heterocycles. The molecule has 8 heteroatoms. The highest BCUT2D eigenvalue weighted by atomic mass is 19.4. The predicted molar refractivity (Wildman–Crippen MR) is 155 cm³/mol. The number of rotatable bonds is 20. The lowest BCUT2D eigenvalue weighted by Crippen LogP contribution is -2.08. The van der Waals surface area contributed by atoms with Crippen LogP contribution in [0.5, 0.6) is 11.5 Å². The van der Waals surface area contributed by atoms with Crippen molar-refractivity contribution in [2.24, 2.45) is 0 Å². The van der Waals surface area contributed by atoms with Crippen molar-refractivity contribution in [3.63, 3.8) is 0 Å². The second-order valence-corrected chi connectivity index (χ2v) is 10.1. The monoisotopic (exact) mass is 576 g/mol. The Morgan fingerprint density at radius 2 is 1.27 bits per heavy atom. The fraction of sp³-hybridized carbons (Fsp3) is 0.515. The molecule has 226 valence electrons. The first-order valence-corrected chi connectivity index (χ1v) is 14.7. The van der Waals surface area contributed by atoms with Crippen molar-refractivity contribution in [2.45, 2.75) is 96.6 Å². The number of halogens is 3. The SMILES string of the molecule is CCCCCCCCCCCOC(=O)C=Cc1ccc(OC(=O)c2ccc(OCCCCCC(F)(F)F)cc2)cc1. The van der Waals surface area contributed by atoms with Crippen molar-refractivity contribution >= 4 is 18.0 Å². The highest BCUT2D eigenvalue weighted by molar-refractivity contribution is 5.91. The molecular weight excluding hydrogens is 533 g/mol. The van der Waals surface area contributed by atoms with E-state index in [2.05, 4.69) is 6.92 Å². The third-order valence-corrected chi connectivity index (χ3v) is 6.46. The molecule has 0 aliphatic rings. The van der Waals surface area contributed by atoms with Gasteiger partial charge in [-0.15, -0.1) is 0 Å². The Morgan fingerprint density at radius 3 is 1.90 bits per heavy atom. The van der Waals surface area contributed by atoms with E-state index in [1.165, 1.54) is 51.0 Å². The predicted octanol–water partition coefficient (Wildman–Crippen LogP) is 9.49. The Kier molecular flexibility index (Phi) is 16.3. The summed E-state index contributed by atoms with van der Waals surface area (Å²) in [5.74, 6) is -0.0273. The zero-order valence-electron chi connectivity index (χ0n) is 24.1. The summed E-state index contributed by atoms with van der Waals surface area (Å²) in [6.07, 6.45) is 10.0. The molecule has 0 aliphatic carbocycles. The first kappa shape index (κ1) is 33.9. The van der Waals surface area contributed by atoms with Crippen LogP contribution in [0.15, 0.2) is 54.6 Å². The van der Waals surface area contributed by atoms with Gasteiger partial charge in [-0.25, -0.2) is 9.59 Å². The molecule has 2 rings (SSSR count). The Bertz CT molecular complexity index is 1030. The Hall–Kier alpha value is -3.29. The molecule has 0 radical (unpaired) electrons.